The molecule has 2 rings (SSSR count). The van der Waals surface area contributed by atoms with Gasteiger partial charge in [-0.15, -0.1) is 0 Å². The first-order valence-electron chi connectivity index (χ1n) is 7.73. The third-order valence-electron chi connectivity index (χ3n) is 3.65. The number of carboxylic acid groups (broad SMARTS) is 1. The molecule has 0 aliphatic rings. The Morgan fingerprint density at radius 2 is 2.00 bits per heavy atom. The van der Waals surface area contributed by atoms with Crippen molar-refractivity contribution in [2.45, 2.75) is 20.4 Å². The minimum atomic E-state index is -1.13. The Morgan fingerprint density at radius 1 is 1.31 bits per heavy atom. The van der Waals surface area contributed by atoms with E-state index in [1.165, 1.54) is 43.1 Å². The number of rotatable bonds is 7. The van der Waals surface area contributed by atoms with Gasteiger partial charge in [0, 0.05) is 13.1 Å². The highest BCUT2D eigenvalue weighted by molar-refractivity contribution is 5.98. The maximum atomic E-state index is 12.7. The van der Waals surface area contributed by atoms with Crippen LogP contribution in [0.1, 0.15) is 39.2 Å². The van der Waals surface area contributed by atoms with Crippen molar-refractivity contribution in [1.82, 2.24) is 4.90 Å². The second kappa shape index (κ2) is 7.68. The van der Waals surface area contributed by atoms with E-state index in [9.17, 15) is 19.7 Å². The van der Waals surface area contributed by atoms with Gasteiger partial charge in [0.1, 0.15) is 28.4 Å². The van der Waals surface area contributed by atoms with Crippen LogP contribution in [-0.4, -0.2) is 40.5 Å². The van der Waals surface area contributed by atoms with Gasteiger partial charge in [-0.2, -0.15) is 0 Å². The van der Waals surface area contributed by atoms with Crippen LogP contribution in [0, 0.1) is 17.0 Å². The number of carbonyl (C=O) groups excluding carboxylic acids is 1. The van der Waals surface area contributed by atoms with E-state index in [1.807, 2.05) is 0 Å². The summed E-state index contributed by atoms with van der Waals surface area (Å²) >= 11 is 0. The van der Waals surface area contributed by atoms with E-state index in [0.29, 0.717) is 12.4 Å². The van der Waals surface area contributed by atoms with E-state index in [0.717, 1.165) is 0 Å². The molecule has 0 unspecified atom stereocenters. The number of nitro groups is 1. The normalized spacial score (nSPS) is 10.4. The predicted octanol–water partition coefficient (Wildman–Crippen LogP) is 2.87. The molecule has 1 aromatic carbocycles. The van der Waals surface area contributed by atoms with E-state index >= 15 is 0 Å². The number of furan rings is 1. The lowest BCUT2D eigenvalue weighted by Crippen LogP contribution is -2.26. The Bertz CT molecular complexity index is 857. The summed E-state index contributed by atoms with van der Waals surface area (Å²) in [7, 11) is 1.44. The van der Waals surface area contributed by atoms with Crippen LogP contribution in [0.2, 0.25) is 0 Å². The van der Waals surface area contributed by atoms with Crippen molar-refractivity contribution < 1.29 is 28.8 Å². The molecule has 26 heavy (non-hydrogen) atoms. The molecule has 1 heterocycles. The number of hydrogen-bond donors (Lipinski definition) is 1. The maximum absolute atomic E-state index is 12.7. The van der Waals surface area contributed by atoms with Crippen molar-refractivity contribution in [2.75, 3.05) is 13.7 Å². The maximum Gasteiger partial charge on any atom is 0.339 e. The summed E-state index contributed by atoms with van der Waals surface area (Å²) < 4.78 is 10.6. The third-order valence-corrected chi connectivity index (χ3v) is 3.65. The minimum absolute atomic E-state index is 0.00479. The lowest BCUT2D eigenvalue weighted by molar-refractivity contribution is -0.385. The summed E-state index contributed by atoms with van der Waals surface area (Å²) in [6, 6.07) is 5.28. The molecule has 2 aromatic rings. The highest BCUT2D eigenvalue weighted by Crippen LogP contribution is 2.26. The van der Waals surface area contributed by atoms with E-state index in [2.05, 4.69) is 0 Å². The first-order valence-corrected chi connectivity index (χ1v) is 7.73. The lowest BCUT2D eigenvalue weighted by atomic mass is 10.1. The van der Waals surface area contributed by atoms with Gasteiger partial charge in [0.2, 0.25) is 0 Å². The molecule has 0 saturated carbocycles. The average molecular weight is 362 g/mol. The van der Waals surface area contributed by atoms with Crippen LogP contribution in [0.3, 0.4) is 0 Å². The van der Waals surface area contributed by atoms with Gasteiger partial charge in [-0.3, -0.25) is 14.9 Å². The molecule has 0 saturated heterocycles. The Hall–Kier alpha value is -3.36. The SMILES string of the molecule is CCOc1ccc([N+](=O)[O-])c(C(=O)N(C)Cc2cc(C(=O)O)c(C)o2)c1. The second-order valence-corrected chi connectivity index (χ2v) is 5.52. The molecule has 9 heteroatoms. The predicted molar refractivity (Wildman–Crippen MR) is 90.5 cm³/mol. The fourth-order valence-corrected chi connectivity index (χ4v) is 2.45. The quantitative estimate of drug-likeness (QED) is 0.593. The van der Waals surface area contributed by atoms with Gasteiger partial charge >= 0.3 is 5.97 Å². The summed E-state index contributed by atoms with van der Waals surface area (Å²) in [6.07, 6.45) is 0. The number of aromatic carboxylic acids is 1. The summed E-state index contributed by atoms with van der Waals surface area (Å²) in [6.45, 7) is 3.58. The third kappa shape index (κ3) is 4.00. The zero-order valence-corrected chi connectivity index (χ0v) is 14.5. The van der Waals surface area contributed by atoms with Gasteiger partial charge in [0.15, 0.2) is 0 Å². The Labute approximate surface area is 148 Å². The van der Waals surface area contributed by atoms with Crippen LogP contribution >= 0.6 is 0 Å². The molecule has 0 aliphatic carbocycles. The summed E-state index contributed by atoms with van der Waals surface area (Å²) in [5, 5.41) is 20.3. The van der Waals surface area contributed by atoms with Gasteiger partial charge in [-0.1, -0.05) is 0 Å². The van der Waals surface area contributed by atoms with Crippen LogP contribution in [-0.2, 0) is 6.54 Å². The number of carbonyl (C=O) groups is 2. The summed E-state index contributed by atoms with van der Waals surface area (Å²) in [5.74, 6) is -0.912. The van der Waals surface area contributed by atoms with Gasteiger partial charge < -0.3 is 19.2 Å². The first-order chi connectivity index (χ1) is 12.2. The fraction of sp³-hybridized carbons (Fsp3) is 0.294. The molecular weight excluding hydrogens is 344 g/mol. The van der Waals surface area contributed by atoms with Crippen LogP contribution < -0.4 is 4.74 Å². The van der Waals surface area contributed by atoms with Crippen LogP contribution in [0.4, 0.5) is 5.69 Å². The molecule has 0 spiro atoms. The number of nitro benzene ring substituents is 1. The molecule has 1 amide bonds. The van der Waals surface area contributed by atoms with E-state index in [1.54, 1.807) is 6.92 Å². The molecule has 0 atom stereocenters. The molecule has 0 radical (unpaired) electrons. The second-order valence-electron chi connectivity index (χ2n) is 5.52. The van der Waals surface area contributed by atoms with E-state index in [4.69, 9.17) is 14.3 Å². The molecule has 0 fully saturated rings. The molecular formula is C17H18N2O7. The lowest BCUT2D eigenvalue weighted by Gasteiger charge is -2.16. The molecule has 1 N–H and O–H groups in total. The molecule has 138 valence electrons. The topological polar surface area (TPSA) is 123 Å². The van der Waals surface area contributed by atoms with Crippen LogP contribution in [0.5, 0.6) is 5.75 Å². The standard InChI is InChI=1S/C17H18N2O7/c1-4-25-11-5-6-15(19(23)24)14(7-11)16(20)18(3)9-12-8-13(17(21)22)10(2)26-12/h5-8H,4,9H2,1-3H3,(H,21,22). The number of amides is 1. The zero-order valence-electron chi connectivity index (χ0n) is 14.5. The average Bonchev–Trinajstić information content (AvgIpc) is 2.94. The Kier molecular flexibility index (Phi) is 5.61. The number of benzene rings is 1. The van der Waals surface area contributed by atoms with E-state index < -0.39 is 16.8 Å². The van der Waals surface area contributed by atoms with Gasteiger partial charge in [-0.25, -0.2) is 4.79 Å². The number of ether oxygens (including phenoxy) is 1. The van der Waals surface area contributed by atoms with Gasteiger partial charge in [-0.05, 0) is 32.0 Å². The van der Waals surface area contributed by atoms with Crippen molar-refractivity contribution in [3.05, 3.63) is 57.0 Å². The Morgan fingerprint density at radius 3 is 2.54 bits per heavy atom. The van der Waals surface area contributed by atoms with Crippen molar-refractivity contribution in [2.24, 2.45) is 0 Å². The fourth-order valence-electron chi connectivity index (χ4n) is 2.45. The van der Waals surface area contributed by atoms with Crippen molar-refractivity contribution >= 4 is 17.6 Å². The first kappa shape index (κ1) is 19.0. The Balaban J connectivity index is 2.29. The monoisotopic (exact) mass is 362 g/mol. The molecule has 0 bridgehead atoms. The molecule has 1 aromatic heterocycles. The van der Waals surface area contributed by atoms with Crippen LogP contribution in [0.15, 0.2) is 28.7 Å². The van der Waals surface area contributed by atoms with Gasteiger partial charge in [0.05, 0.1) is 18.1 Å². The number of hydrogen-bond acceptors (Lipinski definition) is 6. The zero-order chi connectivity index (χ0) is 19.4. The number of aryl methyl sites for hydroxylation is 1. The summed E-state index contributed by atoms with van der Waals surface area (Å²) in [5.41, 5.74) is -0.456. The minimum Gasteiger partial charge on any atom is -0.494 e. The summed E-state index contributed by atoms with van der Waals surface area (Å²) in [4.78, 5) is 35.5. The number of carboxylic acids is 1. The van der Waals surface area contributed by atoms with Crippen molar-refractivity contribution in [3.63, 3.8) is 0 Å². The van der Waals surface area contributed by atoms with Crippen molar-refractivity contribution in [1.29, 1.82) is 0 Å². The smallest absolute Gasteiger partial charge is 0.339 e. The number of nitrogens with zero attached hydrogens (tertiary/aromatic N) is 2. The van der Waals surface area contributed by atoms with Crippen molar-refractivity contribution in [3.8, 4) is 5.75 Å². The molecule has 9 nitrogen and oxygen atoms in total. The largest absolute Gasteiger partial charge is 0.494 e. The van der Waals surface area contributed by atoms with E-state index in [-0.39, 0.29) is 34.9 Å². The highest BCUT2D eigenvalue weighted by atomic mass is 16.6. The van der Waals surface area contributed by atoms with Gasteiger partial charge in [0.25, 0.3) is 11.6 Å². The highest BCUT2D eigenvalue weighted by Gasteiger charge is 2.25. The molecule has 0 aliphatic heterocycles. The van der Waals surface area contributed by atoms with Crippen LogP contribution in [0.25, 0.3) is 0 Å².